The Bertz CT molecular complexity index is 1230. The van der Waals surface area contributed by atoms with E-state index in [-0.39, 0.29) is 12.5 Å². The predicted octanol–water partition coefficient (Wildman–Crippen LogP) is 3.69. The molecule has 0 atom stereocenters. The molecular weight excluding hydrogens is 391 g/mol. The van der Waals surface area contributed by atoms with Crippen molar-refractivity contribution in [2.24, 2.45) is 0 Å². The van der Waals surface area contributed by atoms with E-state index in [9.17, 15) is 14.0 Å². The number of pyridine rings is 1. The van der Waals surface area contributed by atoms with Crippen molar-refractivity contribution in [3.05, 3.63) is 83.2 Å². The summed E-state index contributed by atoms with van der Waals surface area (Å²) in [6.45, 7) is -0.167. The maximum Gasteiger partial charge on any atom is 0.335 e. The SMILES string of the molecule is CSc1ccc(NC(=O)Cn2c(=O)n(-c3ccc(F)cc3)c3ncccc32)cc1. The molecule has 4 rings (SSSR count). The summed E-state index contributed by atoms with van der Waals surface area (Å²) in [7, 11) is 0. The van der Waals surface area contributed by atoms with Crippen molar-refractivity contribution in [3.63, 3.8) is 0 Å². The van der Waals surface area contributed by atoms with Gasteiger partial charge in [0, 0.05) is 16.8 Å². The van der Waals surface area contributed by atoms with Gasteiger partial charge in [-0.1, -0.05) is 0 Å². The number of carbonyl (C=O) groups is 1. The molecule has 8 heteroatoms. The van der Waals surface area contributed by atoms with Crippen LogP contribution in [0.4, 0.5) is 10.1 Å². The van der Waals surface area contributed by atoms with Crippen LogP contribution in [0.15, 0.2) is 76.6 Å². The normalized spacial score (nSPS) is 11.0. The summed E-state index contributed by atoms with van der Waals surface area (Å²) in [5, 5.41) is 2.80. The number of anilines is 1. The molecule has 0 saturated carbocycles. The van der Waals surface area contributed by atoms with Crippen molar-refractivity contribution in [2.45, 2.75) is 11.4 Å². The summed E-state index contributed by atoms with van der Waals surface area (Å²) in [5.74, 6) is -0.726. The summed E-state index contributed by atoms with van der Waals surface area (Å²) in [5.41, 5.74) is 1.64. The van der Waals surface area contributed by atoms with Gasteiger partial charge in [0.05, 0.1) is 11.2 Å². The quantitative estimate of drug-likeness (QED) is 0.512. The van der Waals surface area contributed by atoms with Gasteiger partial charge in [-0.05, 0) is 66.9 Å². The van der Waals surface area contributed by atoms with Crippen LogP contribution in [0.5, 0.6) is 0 Å². The van der Waals surface area contributed by atoms with E-state index in [0.29, 0.717) is 22.5 Å². The highest BCUT2D eigenvalue weighted by atomic mass is 32.2. The van der Waals surface area contributed by atoms with Gasteiger partial charge in [0.2, 0.25) is 5.91 Å². The van der Waals surface area contributed by atoms with Gasteiger partial charge in [-0.15, -0.1) is 11.8 Å². The van der Waals surface area contributed by atoms with E-state index < -0.39 is 11.5 Å². The Morgan fingerprint density at radius 2 is 1.83 bits per heavy atom. The number of imidazole rings is 1. The van der Waals surface area contributed by atoms with Crippen LogP contribution in [0.3, 0.4) is 0 Å². The number of hydrogen-bond acceptors (Lipinski definition) is 4. The monoisotopic (exact) mass is 408 g/mol. The lowest BCUT2D eigenvalue weighted by molar-refractivity contribution is -0.116. The Hall–Kier alpha value is -3.39. The lowest BCUT2D eigenvalue weighted by Crippen LogP contribution is -2.28. The number of benzene rings is 2. The van der Waals surface area contributed by atoms with Gasteiger partial charge in [0.15, 0.2) is 5.65 Å². The molecule has 0 unspecified atom stereocenters. The molecule has 29 heavy (non-hydrogen) atoms. The second-order valence-electron chi connectivity index (χ2n) is 6.30. The van der Waals surface area contributed by atoms with Crippen molar-refractivity contribution in [2.75, 3.05) is 11.6 Å². The molecule has 0 aliphatic heterocycles. The molecule has 0 saturated heterocycles. The number of nitrogens with one attached hydrogen (secondary N) is 1. The van der Waals surface area contributed by atoms with E-state index in [1.54, 1.807) is 30.1 Å². The van der Waals surface area contributed by atoms with Crippen LogP contribution in [0.2, 0.25) is 0 Å². The zero-order valence-corrected chi connectivity index (χ0v) is 16.3. The molecule has 1 amide bonds. The highest BCUT2D eigenvalue weighted by molar-refractivity contribution is 7.98. The third-order valence-corrected chi connectivity index (χ3v) is 5.19. The Labute approximate surface area is 170 Å². The molecule has 0 aliphatic rings. The van der Waals surface area contributed by atoms with Crippen LogP contribution >= 0.6 is 11.8 Å². The second kappa shape index (κ2) is 7.92. The summed E-state index contributed by atoms with van der Waals surface area (Å²) in [6.07, 6.45) is 3.55. The summed E-state index contributed by atoms with van der Waals surface area (Å²) in [4.78, 5) is 31.0. The standard InChI is InChI=1S/C21H17FN4O2S/c1-29-17-10-6-15(7-11-17)24-19(27)13-25-18-3-2-12-23-20(18)26(21(25)28)16-8-4-14(22)5-9-16/h2-12H,13H2,1H3,(H,24,27). The molecule has 6 nitrogen and oxygen atoms in total. The van der Waals surface area contributed by atoms with Crippen molar-refractivity contribution < 1.29 is 9.18 Å². The van der Waals surface area contributed by atoms with Gasteiger partial charge >= 0.3 is 5.69 Å². The third-order valence-electron chi connectivity index (χ3n) is 4.45. The van der Waals surface area contributed by atoms with Crippen LogP contribution in [0, 0.1) is 5.82 Å². The van der Waals surface area contributed by atoms with Gasteiger partial charge < -0.3 is 5.32 Å². The molecule has 0 radical (unpaired) electrons. The first kappa shape index (κ1) is 18.9. The number of amides is 1. The fourth-order valence-corrected chi connectivity index (χ4v) is 3.49. The van der Waals surface area contributed by atoms with Crippen molar-refractivity contribution in [1.82, 2.24) is 14.1 Å². The fourth-order valence-electron chi connectivity index (χ4n) is 3.08. The van der Waals surface area contributed by atoms with Crippen LogP contribution in [0.25, 0.3) is 16.9 Å². The molecule has 1 N–H and O–H groups in total. The molecule has 4 aromatic rings. The lowest BCUT2D eigenvalue weighted by atomic mass is 10.3. The molecular formula is C21H17FN4O2S. The van der Waals surface area contributed by atoms with Gasteiger partial charge in [0.1, 0.15) is 12.4 Å². The number of thioether (sulfide) groups is 1. The molecule has 0 fully saturated rings. The first-order valence-electron chi connectivity index (χ1n) is 8.83. The van der Waals surface area contributed by atoms with Crippen molar-refractivity contribution >= 4 is 34.5 Å². The molecule has 2 aromatic heterocycles. The largest absolute Gasteiger partial charge is 0.335 e. The number of hydrogen-bond donors (Lipinski definition) is 1. The predicted molar refractivity (Wildman–Crippen MR) is 112 cm³/mol. The van der Waals surface area contributed by atoms with Gasteiger partial charge in [-0.2, -0.15) is 0 Å². The minimum atomic E-state index is -0.418. The van der Waals surface area contributed by atoms with Gasteiger partial charge in [-0.25, -0.2) is 18.7 Å². The first-order valence-corrected chi connectivity index (χ1v) is 10.1. The van der Waals surface area contributed by atoms with Crippen LogP contribution in [-0.2, 0) is 11.3 Å². The van der Waals surface area contributed by atoms with E-state index in [1.807, 2.05) is 30.5 Å². The Morgan fingerprint density at radius 3 is 2.52 bits per heavy atom. The fraction of sp³-hybridized carbons (Fsp3) is 0.0952. The van der Waals surface area contributed by atoms with Crippen molar-refractivity contribution in [1.29, 1.82) is 0 Å². The zero-order valence-electron chi connectivity index (χ0n) is 15.5. The van der Waals surface area contributed by atoms with E-state index in [1.165, 1.54) is 33.4 Å². The highest BCUT2D eigenvalue weighted by Crippen LogP contribution is 2.18. The molecule has 0 spiro atoms. The topological polar surface area (TPSA) is 68.9 Å². The maximum absolute atomic E-state index is 13.3. The molecule has 146 valence electrons. The minimum Gasteiger partial charge on any atom is -0.325 e. The zero-order chi connectivity index (χ0) is 20.4. The van der Waals surface area contributed by atoms with E-state index in [2.05, 4.69) is 10.3 Å². The van der Waals surface area contributed by atoms with Crippen LogP contribution < -0.4 is 11.0 Å². The van der Waals surface area contributed by atoms with E-state index in [4.69, 9.17) is 0 Å². The van der Waals surface area contributed by atoms with E-state index in [0.717, 1.165) is 4.90 Å². The van der Waals surface area contributed by atoms with Gasteiger partial charge in [0.25, 0.3) is 0 Å². The molecule has 0 bridgehead atoms. The molecule has 0 aliphatic carbocycles. The Morgan fingerprint density at radius 1 is 1.10 bits per heavy atom. The number of halogens is 1. The van der Waals surface area contributed by atoms with E-state index >= 15 is 0 Å². The average molecular weight is 408 g/mol. The third kappa shape index (κ3) is 3.79. The summed E-state index contributed by atoms with van der Waals surface area (Å²) >= 11 is 1.61. The number of nitrogens with zero attached hydrogens (tertiary/aromatic N) is 3. The number of rotatable bonds is 5. The highest BCUT2D eigenvalue weighted by Gasteiger charge is 2.17. The number of fused-ring (bicyclic) bond motifs is 1. The second-order valence-corrected chi connectivity index (χ2v) is 7.18. The summed E-state index contributed by atoms with van der Waals surface area (Å²) in [6, 6.07) is 16.4. The Balaban J connectivity index is 1.68. The molecule has 2 aromatic carbocycles. The van der Waals surface area contributed by atoms with Gasteiger partial charge in [-0.3, -0.25) is 9.36 Å². The number of carbonyl (C=O) groups excluding carboxylic acids is 1. The number of aromatic nitrogens is 3. The van der Waals surface area contributed by atoms with Crippen molar-refractivity contribution in [3.8, 4) is 5.69 Å². The first-order chi connectivity index (χ1) is 14.1. The average Bonchev–Trinajstić information content (AvgIpc) is 3.01. The minimum absolute atomic E-state index is 0.167. The van der Waals surface area contributed by atoms with Crippen LogP contribution in [-0.4, -0.2) is 26.3 Å². The van der Waals surface area contributed by atoms with Crippen LogP contribution in [0.1, 0.15) is 0 Å². The smallest absolute Gasteiger partial charge is 0.325 e. The Kier molecular flexibility index (Phi) is 5.18. The summed E-state index contributed by atoms with van der Waals surface area (Å²) < 4.78 is 16.0. The maximum atomic E-state index is 13.3. The molecule has 2 heterocycles. The lowest BCUT2D eigenvalue weighted by Gasteiger charge is -2.07.